The van der Waals surface area contributed by atoms with Crippen molar-refractivity contribution in [3.05, 3.63) is 59.8 Å². The van der Waals surface area contributed by atoms with E-state index in [0.717, 1.165) is 5.56 Å². The van der Waals surface area contributed by atoms with E-state index < -0.39 is 0 Å². The second kappa shape index (κ2) is 8.59. The minimum atomic E-state index is -0.0753. The van der Waals surface area contributed by atoms with Gasteiger partial charge in [-0.25, -0.2) is 10.4 Å². The summed E-state index contributed by atoms with van der Waals surface area (Å²) in [6.07, 6.45) is 2.04. The largest absolute Gasteiger partial charge is 0.480 e. The molecular formula is C21H25N5O3. The quantitative estimate of drug-likeness (QED) is 0.803. The molecule has 2 aromatic rings. The zero-order valence-electron chi connectivity index (χ0n) is 16.4. The molecule has 8 heteroatoms. The monoisotopic (exact) mass is 395 g/mol. The number of piperazine rings is 1. The molecule has 4 rings (SSSR count). The fourth-order valence-corrected chi connectivity index (χ4v) is 4.06. The summed E-state index contributed by atoms with van der Waals surface area (Å²) in [6, 6.07) is 13.6. The van der Waals surface area contributed by atoms with Crippen LogP contribution in [0.3, 0.4) is 0 Å². The second-order valence-corrected chi connectivity index (χ2v) is 7.24. The van der Waals surface area contributed by atoms with Gasteiger partial charge in [0.05, 0.1) is 13.2 Å². The third-order valence-corrected chi connectivity index (χ3v) is 5.57. The average Bonchev–Trinajstić information content (AvgIpc) is 2.79. The third kappa shape index (κ3) is 4.08. The van der Waals surface area contributed by atoms with Crippen LogP contribution in [0.2, 0.25) is 0 Å². The number of hydrazine groups is 1. The van der Waals surface area contributed by atoms with E-state index in [-0.39, 0.29) is 23.9 Å². The summed E-state index contributed by atoms with van der Waals surface area (Å²) < 4.78 is 5.23. The minimum Gasteiger partial charge on any atom is -0.480 e. The van der Waals surface area contributed by atoms with Crippen molar-refractivity contribution in [2.45, 2.75) is 18.5 Å². The lowest BCUT2D eigenvalue weighted by Gasteiger charge is -2.44. The maximum absolute atomic E-state index is 12.9. The number of nitrogens with zero attached hydrogens (tertiary/aromatic N) is 3. The van der Waals surface area contributed by atoms with Gasteiger partial charge in [0.25, 0.3) is 5.91 Å². The number of carbonyl (C=O) groups excluding carboxylic acids is 2. The van der Waals surface area contributed by atoms with Crippen molar-refractivity contribution in [1.82, 2.24) is 25.6 Å². The van der Waals surface area contributed by atoms with E-state index in [4.69, 9.17) is 4.74 Å². The zero-order valence-corrected chi connectivity index (χ0v) is 16.4. The molecule has 3 heterocycles. The van der Waals surface area contributed by atoms with E-state index in [1.807, 2.05) is 23.1 Å². The van der Waals surface area contributed by atoms with Crippen molar-refractivity contribution in [3.8, 4) is 5.88 Å². The number of aromatic nitrogens is 1. The molecule has 2 amide bonds. The lowest BCUT2D eigenvalue weighted by atomic mass is 9.93. The van der Waals surface area contributed by atoms with Gasteiger partial charge in [0.15, 0.2) is 0 Å². The Morgan fingerprint density at radius 2 is 1.86 bits per heavy atom. The van der Waals surface area contributed by atoms with Gasteiger partial charge in [0, 0.05) is 44.8 Å². The van der Waals surface area contributed by atoms with E-state index in [2.05, 4.69) is 32.9 Å². The van der Waals surface area contributed by atoms with Crippen LogP contribution in [0.1, 0.15) is 28.4 Å². The molecule has 29 heavy (non-hydrogen) atoms. The highest BCUT2D eigenvalue weighted by atomic mass is 16.5. The average molecular weight is 395 g/mol. The molecule has 0 bridgehead atoms. The maximum Gasteiger partial charge on any atom is 0.259 e. The number of amides is 2. The van der Waals surface area contributed by atoms with Crippen LogP contribution < -0.4 is 15.6 Å². The van der Waals surface area contributed by atoms with Crippen LogP contribution in [0.5, 0.6) is 5.88 Å². The van der Waals surface area contributed by atoms with E-state index >= 15 is 0 Å². The predicted octanol–water partition coefficient (Wildman–Crippen LogP) is 0.982. The molecule has 152 valence electrons. The molecule has 0 radical (unpaired) electrons. The Balaban J connectivity index is 1.45. The zero-order chi connectivity index (χ0) is 20.2. The number of nitrogens with one attached hydrogen (secondary N) is 2. The fraction of sp³-hybridized carbons (Fsp3) is 0.381. The number of benzene rings is 1. The van der Waals surface area contributed by atoms with Crippen LogP contribution in [0.25, 0.3) is 0 Å². The Hall–Kier alpha value is -2.97. The normalized spacial score (nSPS) is 22.8. The van der Waals surface area contributed by atoms with Gasteiger partial charge in [-0.2, -0.15) is 0 Å². The second-order valence-electron chi connectivity index (χ2n) is 7.24. The Kier molecular flexibility index (Phi) is 5.73. The van der Waals surface area contributed by atoms with Gasteiger partial charge in [0.1, 0.15) is 5.56 Å². The highest BCUT2D eigenvalue weighted by molar-refractivity contribution is 5.96. The molecule has 8 nitrogen and oxygen atoms in total. The molecular weight excluding hydrogens is 370 g/mol. The first-order chi connectivity index (χ1) is 14.2. The van der Waals surface area contributed by atoms with Crippen LogP contribution >= 0.6 is 0 Å². The van der Waals surface area contributed by atoms with E-state index in [1.165, 1.54) is 7.11 Å². The number of rotatable bonds is 4. The van der Waals surface area contributed by atoms with Crippen LogP contribution in [-0.4, -0.2) is 65.9 Å². The molecule has 0 spiro atoms. The van der Waals surface area contributed by atoms with Crippen molar-refractivity contribution in [3.63, 3.8) is 0 Å². The minimum absolute atomic E-state index is 0.00886. The van der Waals surface area contributed by atoms with Gasteiger partial charge in [0.2, 0.25) is 11.8 Å². The molecule has 0 saturated carbocycles. The summed E-state index contributed by atoms with van der Waals surface area (Å²) in [5.41, 5.74) is 7.53. The Bertz CT molecular complexity index is 868. The molecule has 1 aromatic carbocycles. The van der Waals surface area contributed by atoms with Gasteiger partial charge in [-0.1, -0.05) is 30.3 Å². The van der Waals surface area contributed by atoms with Crippen LogP contribution in [-0.2, 0) is 4.79 Å². The van der Waals surface area contributed by atoms with Gasteiger partial charge in [-0.3, -0.25) is 19.9 Å². The summed E-state index contributed by atoms with van der Waals surface area (Å²) in [6.45, 7) is 2.60. The van der Waals surface area contributed by atoms with E-state index in [9.17, 15) is 9.59 Å². The summed E-state index contributed by atoms with van der Waals surface area (Å²) in [7, 11) is 1.52. The van der Waals surface area contributed by atoms with Crippen molar-refractivity contribution in [1.29, 1.82) is 0 Å². The highest BCUT2D eigenvalue weighted by Crippen LogP contribution is 2.27. The first-order valence-electron chi connectivity index (χ1n) is 9.79. The van der Waals surface area contributed by atoms with E-state index in [0.29, 0.717) is 44.0 Å². The SMILES string of the molecule is COc1ncccc1C(=O)N1CCN(C2CC(=O)NNC2c2ccccc2)CC1. The Morgan fingerprint density at radius 1 is 1.10 bits per heavy atom. The molecule has 2 unspecified atom stereocenters. The Labute approximate surface area is 169 Å². The molecule has 0 aliphatic carbocycles. The third-order valence-electron chi connectivity index (χ3n) is 5.57. The maximum atomic E-state index is 12.9. The van der Waals surface area contributed by atoms with Crippen molar-refractivity contribution >= 4 is 11.8 Å². The van der Waals surface area contributed by atoms with E-state index in [1.54, 1.807) is 18.3 Å². The van der Waals surface area contributed by atoms with Crippen LogP contribution in [0, 0.1) is 0 Å². The van der Waals surface area contributed by atoms with Crippen LogP contribution in [0.15, 0.2) is 48.7 Å². The topological polar surface area (TPSA) is 86.8 Å². The van der Waals surface area contributed by atoms with Gasteiger partial charge >= 0.3 is 0 Å². The fourth-order valence-electron chi connectivity index (χ4n) is 4.06. The lowest BCUT2D eigenvalue weighted by molar-refractivity contribution is -0.127. The number of hydrogen-bond acceptors (Lipinski definition) is 6. The van der Waals surface area contributed by atoms with Crippen molar-refractivity contribution in [2.75, 3.05) is 33.3 Å². The molecule has 1 aromatic heterocycles. The summed E-state index contributed by atoms with van der Waals surface area (Å²) in [5.74, 6) is 0.256. The number of carbonyl (C=O) groups is 2. The summed E-state index contributed by atoms with van der Waals surface area (Å²) in [4.78, 5) is 33.2. The smallest absolute Gasteiger partial charge is 0.259 e. The number of ether oxygens (including phenoxy) is 1. The molecule has 2 atom stereocenters. The molecule has 2 aliphatic heterocycles. The van der Waals surface area contributed by atoms with Gasteiger partial charge in [-0.15, -0.1) is 0 Å². The van der Waals surface area contributed by atoms with Gasteiger partial charge < -0.3 is 9.64 Å². The number of methoxy groups -OCH3 is 1. The standard InChI is InChI=1S/C21H25N5O3/c1-29-20-16(8-5-9-22-20)21(28)26-12-10-25(11-13-26)17-14-18(27)23-24-19(17)15-6-3-2-4-7-15/h2-9,17,19,24H,10-14H2,1H3,(H,23,27). The first kappa shape index (κ1) is 19.4. The number of hydrogen-bond donors (Lipinski definition) is 2. The number of pyridine rings is 1. The van der Waals surface area contributed by atoms with Crippen molar-refractivity contribution < 1.29 is 14.3 Å². The highest BCUT2D eigenvalue weighted by Gasteiger charge is 2.36. The van der Waals surface area contributed by atoms with Crippen molar-refractivity contribution in [2.24, 2.45) is 0 Å². The molecule has 2 fully saturated rings. The molecule has 2 N–H and O–H groups in total. The molecule has 2 aliphatic rings. The predicted molar refractivity (Wildman–Crippen MR) is 107 cm³/mol. The van der Waals surface area contributed by atoms with Gasteiger partial charge in [-0.05, 0) is 17.7 Å². The summed E-state index contributed by atoms with van der Waals surface area (Å²) >= 11 is 0. The lowest BCUT2D eigenvalue weighted by Crippen LogP contribution is -2.60. The Morgan fingerprint density at radius 3 is 2.59 bits per heavy atom. The summed E-state index contributed by atoms with van der Waals surface area (Å²) in [5, 5.41) is 0. The first-order valence-corrected chi connectivity index (χ1v) is 9.79. The van der Waals surface area contributed by atoms with Crippen LogP contribution in [0.4, 0.5) is 0 Å². The molecule has 2 saturated heterocycles.